The third-order valence-electron chi connectivity index (χ3n) is 2.45. The molecule has 0 fully saturated rings. The second-order valence-corrected chi connectivity index (χ2v) is 3.50. The van der Waals surface area contributed by atoms with Crippen LogP contribution in [0.15, 0.2) is 0 Å². The van der Waals surface area contributed by atoms with Crippen molar-refractivity contribution in [2.75, 3.05) is 6.61 Å². The number of rotatable bonds is 7. The SMILES string of the molecule is C#CCCCC(=O)C(C)(CC)OCC. The number of terminal acetylenes is 1. The van der Waals surface area contributed by atoms with E-state index in [2.05, 4.69) is 5.92 Å². The molecule has 14 heavy (non-hydrogen) atoms. The van der Waals surface area contributed by atoms with Crippen LogP contribution in [0.2, 0.25) is 0 Å². The van der Waals surface area contributed by atoms with Gasteiger partial charge in [-0.25, -0.2) is 0 Å². The number of hydrogen-bond donors (Lipinski definition) is 0. The Morgan fingerprint density at radius 2 is 2.14 bits per heavy atom. The van der Waals surface area contributed by atoms with Gasteiger partial charge in [0.05, 0.1) is 0 Å². The second kappa shape index (κ2) is 6.62. The highest BCUT2D eigenvalue weighted by molar-refractivity contribution is 5.86. The van der Waals surface area contributed by atoms with Crippen LogP contribution in [0.4, 0.5) is 0 Å². The predicted molar refractivity (Wildman–Crippen MR) is 58.0 cm³/mol. The highest BCUT2D eigenvalue weighted by Crippen LogP contribution is 2.19. The van der Waals surface area contributed by atoms with E-state index < -0.39 is 5.60 Å². The fraction of sp³-hybridized carbons (Fsp3) is 0.750. The van der Waals surface area contributed by atoms with Crippen LogP contribution in [0, 0.1) is 12.3 Å². The summed E-state index contributed by atoms with van der Waals surface area (Å²) in [4.78, 5) is 11.8. The number of carbonyl (C=O) groups is 1. The molecule has 0 rings (SSSR count). The molecule has 1 atom stereocenters. The maximum atomic E-state index is 11.8. The van der Waals surface area contributed by atoms with E-state index in [-0.39, 0.29) is 5.78 Å². The molecule has 0 spiro atoms. The molecule has 0 saturated carbocycles. The first-order valence-electron chi connectivity index (χ1n) is 5.21. The molecule has 0 radical (unpaired) electrons. The Balaban J connectivity index is 4.11. The lowest BCUT2D eigenvalue weighted by Gasteiger charge is -2.26. The first-order chi connectivity index (χ1) is 6.60. The molecule has 1 unspecified atom stereocenters. The van der Waals surface area contributed by atoms with Crippen LogP contribution in [-0.2, 0) is 9.53 Å². The summed E-state index contributed by atoms with van der Waals surface area (Å²) in [6.07, 6.45) is 7.79. The van der Waals surface area contributed by atoms with Gasteiger partial charge in [-0.15, -0.1) is 12.3 Å². The number of carbonyl (C=O) groups excluding carboxylic acids is 1. The molecule has 0 aliphatic heterocycles. The van der Waals surface area contributed by atoms with Crippen molar-refractivity contribution < 1.29 is 9.53 Å². The van der Waals surface area contributed by atoms with Crippen molar-refractivity contribution in [2.45, 2.75) is 52.1 Å². The topological polar surface area (TPSA) is 26.3 Å². The van der Waals surface area contributed by atoms with Crippen LogP contribution in [-0.4, -0.2) is 18.0 Å². The van der Waals surface area contributed by atoms with E-state index >= 15 is 0 Å². The van der Waals surface area contributed by atoms with Crippen molar-refractivity contribution in [3.8, 4) is 12.3 Å². The molecule has 0 aromatic heterocycles. The van der Waals surface area contributed by atoms with Gasteiger partial charge >= 0.3 is 0 Å². The quantitative estimate of drug-likeness (QED) is 0.462. The Labute approximate surface area is 87.0 Å². The fourth-order valence-electron chi connectivity index (χ4n) is 1.31. The number of hydrogen-bond acceptors (Lipinski definition) is 2. The number of ether oxygens (including phenoxy) is 1. The van der Waals surface area contributed by atoms with Gasteiger partial charge in [0.25, 0.3) is 0 Å². The van der Waals surface area contributed by atoms with Crippen LogP contribution < -0.4 is 0 Å². The molecule has 0 aromatic rings. The van der Waals surface area contributed by atoms with Gasteiger partial charge in [0, 0.05) is 19.4 Å². The van der Waals surface area contributed by atoms with Crippen molar-refractivity contribution in [3.63, 3.8) is 0 Å². The normalized spacial score (nSPS) is 14.4. The smallest absolute Gasteiger partial charge is 0.164 e. The maximum Gasteiger partial charge on any atom is 0.164 e. The molecular formula is C12H20O2. The van der Waals surface area contributed by atoms with Crippen LogP contribution >= 0.6 is 0 Å². The zero-order valence-electron chi connectivity index (χ0n) is 9.43. The average Bonchev–Trinajstić information content (AvgIpc) is 2.18. The first-order valence-corrected chi connectivity index (χ1v) is 5.21. The van der Waals surface area contributed by atoms with E-state index in [0.717, 1.165) is 12.8 Å². The molecule has 2 nitrogen and oxygen atoms in total. The molecule has 0 aromatic carbocycles. The monoisotopic (exact) mass is 196 g/mol. The Morgan fingerprint density at radius 3 is 2.57 bits per heavy atom. The maximum absolute atomic E-state index is 11.8. The van der Waals surface area contributed by atoms with Gasteiger partial charge in [-0.3, -0.25) is 4.79 Å². The van der Waals surface area contributed by atoms with Gasteiger partial charge in [0.2, 0.25) is 0 Å². The van der Waals surface area contributed by atoms with E-state index in [0.29, 0.717) is 19.4 Å². The van der Waals surface area contributed by atoms with Crippen molar-refractivity contribution in [1.82, 2.24) is 0 Å². The van der Waals surface area contributed by atoms with E-state index in [1.165, 1.54) is 0 Å². The van der Waals surface area contributed by atoms with Gasteiger partial charge in [0.15, 0.2) is 5.78 Å². The van der Waals surface area contributed by atoms with E-state index in [9.17, 15) is 4.79 Å². The van der Waals surface area contributed by atoms with E-state index in [1.807, 2.05) is 20.8 Å². The van der Waals surface area contributed by atoms with Crippen LogP contribution in [0.25, 0.3) is 0 Å². The van der Waals surface area contributed by atoms with Crippen molar-refractivity contribution in [1.29, 1.82) is 0 Å². The van der Waals surface area contributed by atoms with Crippen molar-refractivity contribution in [2.24, 2.45) is 0 Å². The summed E-state index contributed by atoms with van der Waals surface area (Å²) in [5, 5.41) is 0. The second-order valence-electron chi connectivity index (χ2n) is 3.50. The number of unbranched alkanes of at least 4 members (excludes halogenated alkanes) is 1. The summed E-state index contributed by atoms with van der Waals surface area (Å²) in [7, 11) is 0. The van der Waals surface area contributed by atoms with Gasteiger partial charge in [-0.1, -0.05) is 6.92 Å². The Bertz CT molecular complexity index is 215. The number of ketones is 1. The summed E-state index contributed by atoms with van der Waals surface area (Å²) < 4.78 is 5.47. The molecule has 2 heteroatoms. The summed E-state index contributed by atoms with van der Waals surface area (Å²) in [6, 6.07) is 0. The molecular weight excluding hydrogens is 176 g/mol. The summed E-state index contributed by atoms with van der Waals surface area (Å²) >= 11 is 0. The zero-order chi connectivity index (χ0) is 11.0. The molecule has 80 valence electrons. The minimum atomic E-state index is -0.608. The molecule has 0 heterocycles. The Hall–Kier alpha value is -0.810. The van der Waals surface area contributed by atoms with Gasteiger partial charge in [-0.05, 0) is 26.7 Å². The Kier molecular flexibility index (Phi) is 6.23. The van der Waals surface area contributed by atoms with Crippen LogP contribution in [0.1, 0.15) is 46.5 Å². The van der Waals surface area contributed by atoms with Crippen LogP contribution in [0.3, 0.4) is 0 Å². The van der Waals surface area contributed by atoms with Crippen LogP contribution in [0.5, 0.6) is 0 Å². The fourth-order valence-corrected chi connectivity index (χ4v) is 1.31. The number of Topliss-reactive ketones (excluding diaryl/α,β-unsaturated/α-hetero) is 1. The minimum Gasteiger partial charge on any atom is -0.368 e. The summed E-state index contributed by atoms with van der Waals surface area (Å²) in [5.74, 6) is 2.70. The van der Waals surface area contributed by atoms with E-state index in [4.69, 9.17) is 11.2 Å². The minimum absolute atomic E-state index is 0.164. The molecule has 0 saturated heterocycles. The lowest BCUT2D eigenvalue weighted by molar-refractivity contribution is -0.142. The van der Waals surface area contributed by atoms with Gasteiger partial charge in [-0.2, -0.15) is 0 Å². The lowest BCUT2D eigenvalue weighted by atomic mass is 9.93. The summed E-state index contributed by atoms with van der Waals surface area (Å²) in [6.45, 7) is 6.30. The molecule has 0 aliphatic carbocycles. The van der Waals surface area contributed by atoms with E-state index in [1.54, 1.807) is 0 Å². The van der Waals surface area contributed by atoms with Crippen molar-refractivity contribution in [3.05, 3.63) is 0 Å². The Morgan fingerprint density at radius 1 is 1.50 bits per heavy atom. The average molecular weight is 196 g/mol. The highest BCUT2D eigenvalue weighted by atomic mass is 16.5. The van der Waals surface area contributed by atoms with Crippen molar-refractivity contribution >= 4 is 5.78 Å². The lowest BCUT2D eigenvalue weighted by Crippen LogP contribution is -2.37. The molecule has 0 amide bonds. The summed E-state index contributed by atoms with van der Waals surface area (Å²) in [5.41, 5.74) is -0.608. The zero-order valence-corrected chi connectivity index (χ0v) is 9.43. The third-order valence-corrected chi connectivity index (χ3v) is 2.45. The molecule has 0 aliphatic rings. The largest absolute Gasteiger partial charge is 0.368 e. The highest BCUT2D eigenvalue weighted by Gasteiger charge is 2.30. The molecule has 0 bridgehead atoms. The molecule has 0 N–H and O–H groups in total. The first kappa shape index (κ1) is 13.2. The van der Waals surface area contributed by atoms with Gasteiger partial charge in [0.1, 0.15) is 5.60 Å². The predicted octanol–water partition coefficient (Wildman–Crippen LogP) is 2.56. The standard InChI is InChI=1S/C12H20O2/c1-5-8-9-10-11(13)12(4,6-2)14-7-3/h1H,6-10H2,2-4H3. The third kappa shape index (κ3) is 3.93. The van der Waals surface area contributed by atoms with Gasteiger partial charge < -0.3 is 4.74 Å².